The van der Waals surface area contributed by atoms with E-state index in [0.717, 1.165) is 24.8 Å². The average Bonchev–Trinajstić information content (AvgIpc) is 3.75. The number of carbonyl (C=O) groups excluding carboxylic acids is 8. The van der Waals surface area contributed by atoms with Gasteiger partial charge in [0.05, 0.1) is 36.2 Å². The Morgan fingerprint density at radius 2 is 1.48 bits per heavy atom. The average molecular weight is 867 g/mol. The summed E-state index contributed by atoms with van der Waals surface area (Å²) in [7, 11) is 3.10. The molecular weight excluding hydrogens is 809 g/mol. The summed E-state index contributed by atoms with van der Waals surface area (Å²) >= 11 is 0. The van der Waals surface area contributed by atoms with Crippen molar-refractivity contribution in [1.29, 1.82) is 0 Å². The van der Waals surface area contributed by atoms with Gasteiger partial charge in [-0.2, -0.15) is 0 Å². The minimum atomic E-state index is -1.23. The van der Waals surface area contributed by atoms with Crippen LogP contribution in [-0.4, -0.2) is 114 Å². The molecule has 2 heterocycles. The summed E-state index contributed by atoms with van der Waals surface area (Å²) in [5, 5.41) is 16.6. The zero-order valence-electron chi connectivity index (χ0n) is 35.9. The standard InChI is InChI=1S/C45H58N10O8/c1-4-14-31(39(57)44(62)50-26-34(56)54-36(45(63)55(2)3)29-19-12-7-13-20-29)51-41(59)30-24-47-25-33(30)53-42(60)32(23-27-15-8-5-9-16-27)52-43(61)35(28-17-10-6-11-18-28)37-38(40(46)58)49-22-21-48-37/h5,7-9,12-13,15-16,19-22,28,30-33,35-36,47H,4,6,10-11,14,17-18,23-26H2,1-3H3,(H2,46,58)(H,50,62)(H,51,59)(H,52,61)(H,53,60)(H,54,56)/t30-,31+,32+,33+,35+,36+/m1/s1. The van der Waals surface area contributed by atoms with Crippen LogP contribution in [-0.2, 0) is 40.0 Å². The first-order valence-corrected chi connectivity index (χ1v) is 21.4. The van der Waals surface area contributed by atoms with Crippen LogP contribution in [0.5, 0.6) is 0 Å². The predicted octanol–water partition coefficient (Wildman–Crippen LogP) is 0.587. The van der Waals surface area contributed by atoms with Crippen molar-refractivity contribution in [2.75, 3.05) is 33.7 Å². The summed E-state index contributed by atoms with van der Waals surface area (Å²) in [5.74, 6) is -7.57. The number of nitrogens with one attached hydrogen (secondary N) is 6. The van der Waals surface area contributed by atoms with Gasteiger partial charge in [-0.25, -0.2) is 4.98 Å². The highest BCUT2D eigenvalue weighted by Gasteiger charge is 2.40. The molecule has 1 saturated heterocycles. The fourth-order valence-corrected chi connectivity index (χ4v) is 8.15. The minimum absolute atomic E-state index is 0.105. The number of amides is 7. The topological polar surface area (TPSA) is 264 Å². The second kappa shape index (κ2) is 23.0. The molecule has 63 heavy (non-hydrogen) atoms. The van der Waals surface area contributed by atoms with E-state index in [2.05, 4.69) is 41.9 Å². The van der Waals surface area contributed by atoms with Gasteiger partial charge in [-0.15, -0.1) is 0 Å². The van der Waals surface area contributed by atoms with Crippen molar-refractivity contribution in [2.45, 2.75) is 88.4 Å². The van der Waals surface area contributed by atoms with Crippen LogP contribution in [0.25, 0.3) is 0 Å². The van der Waals surface area contributed by atoms with E-state index in [4.69, 9.17) is 5.73 Å². The second-order valence-corrected chi connectivity index (χ2v) is 16.2. The number of primary amides is 1. The second-order valence-electron chi connectivity index (χ2n) is 16.2. The fraction of sp³-hybridized carbons (Fsp3) is 0.467. The van der Waals surface area contributed by atoms with Crippen molar-refractivity contribution in [3.05, 3.63) is 95.6 Å². The van der Waals surface area contributed by atoms with Gasteiger partial charge in [0.1, 0.15) is 17.8 Å². The van der Waals surface area contributed by atoms with Crippen LogP contribution in [0.2, 0.25) is 0 Å². The molecular formula is C45H58N10O8. The largest absolute Gasteiger partial charge is 0.364 e. The molecule has 1 aliphatic heterocycles. The quantitative estimate of drug-likeness (QED) is 0.0773. The Morgan fingerprint density at radius 3 is 2.13 bits per heavy atom. The Kier molecular flexibility index (Phi) is 17.4. The summed E-state index contributed by atoms with van der Waals surface area (Å²) in [6.45, 7) is 1.52. The molecule has 2 aromatic carbocycles. The third-order valence-electron chi connectivity index (χ3n) is 11.4. The number of nitrogens with two attached hydrogens (primary N) is 1. The number of hydrogen-bond acceptors (Lipinski definition) is 11. The number of ketones is 1. The molecule has 18 nitrogen and oxygen atoms in total. The van der Waals surface area contributed by atoms with Crippen molar-refractivity contribution in [1.82, 2.24) is 46.8 Å². The lowest BCUT2D eigenvalue weighted by Crippen LogP contribution is -2.56. The number of hydrogen-bond donors (Lipinski definition) is 7. The van der Waals surface area contributed by atoms with Crippen molar-refractivity contribution < 1.29 is 38.4 Å². The number of benzene rings is 2. The van der Waals surface area contributed by atoms with Gasteiger partial charge in [-0.1, -0.05) is 93.3 Å². The van der Waals surface area contributed by atoms with Crippen LogP contribution in [0.4, 0.5) is 0 Å². The third kappa shape index (κ3) is 13.0. The number of aromatic nitrogens is 2. The molecule has 7 amide bonds. The van der Waals surface area contributed by atoms with E-state index in [9.17, 15) is 38.4 Å². The molecule has 0 unspecified atom stereocenters. The van der Waals surface area contributed by atoms with Gasteiger partial charge in [0.25, 0.3) is 11.8 Å². The van der Waals surface area contributed by atoms with Crippen LogP contribution in [0, 0.1) is 11.8 Å². The van der Waals surface area contributed by atoms with Crippen LogP contribution < -0.4 is 37.6 Å². The molecule has 0 bridgehead atoms. The van der Waals surface area contributed by atoms with Crippen molar-refractivity contribution in [3.8, 4) is 0 Å². The lowest BCUT2D eigenvalue weighted by Gasteiger charge is -2.31. The summed E-state index contributed by atoms with van der Waals surface area (Å²) in [6, 6.07) is 13.6. The highest BCUT2D eigenvalue weighted by molar-refractivity contribution is 6.38. The summed E-state index contributed by atoms with van der Waals surface area (Å²) in [6.07, 6.45) is 7.58. The molecule has 8 N–H and O–H groups in total. The third-order valence-corrected chi connectivity index (χ3v) is 11.4. The van der Waals surface area contributed by atoms with Gasteiger partial charge in [0.15, 0.2) is 0 Å². The van der Waals surface area contributed by atoms with Crippen molar-refractivity contribution in [3.63, 3.8) is 0 Å². The van der Waals surface area contributed by atoms with Crippen LogP contribution >= 0.6 is 0 Å². The number of carbonyl (C=O) groups is 8. The van der Waals surface area contributed by atoms with E-state index in [1.54, 1.807) is 51.4 Å². The van der Waals surface area contributed by atoms with E-state index in [1.165, 1.54) is 17.3 Å². The summed E-state index contributed by atoms with van der Waals surface area (Å²) in [4.78, 5) is 117. The monoisotopic (exact) mass is 866 g/mol. The van der Waals surface area contributed by atoms with Gasteiger partial charge in [-0.3, -0.25) is 43.3 Å². The summed E-state index contributed by atoms with van der Waals surface area (Å²) in [5.41, 5.74) is 7.02. The normalized spacial score (nSPS) is 18.1. The van der Waals surface area contributed by atoms with Crippen molar-refractivity contribution in [2.24, 2.45) is 17.6 Å². The van der Waals surface area contributed by atoms with Crippen LogP contribution in [0.1, 0.15) is 91.1 Å². The van der Waals surface area contributed by atoms with Gasteiger partial charge < -0.3 is 42.5 Å². The van der Waals surface area contributed by atoms with E-state index in [1.807, 2.05) is 30.3 Å². The van der Waals surface area contributed by atoms with Gasteiger partial charge in [-0.05, 0) is 36.3 Å². The maximum absolute atomic E-state index is 14.4. The van der Waals surface area contributed by atoms with Gasteiger partial charge >= 0.3 is 0 Å². The SMILES string of the molecule is CCC[C@H](NC(=O)[C@@H]1CNC[C@@H]1NC(=O)[C@H](Cc1ccccc1)NC(=O)[C@H](c1nccnc1C(N)=O)C1CCCCC1)C(=O)C(=O)NCC(=O)N[C@H](C(=O)N(C)C)c1ccccc1. The number of nitrogens with zero attached hydrogens (tertiary/aromatic N) is 3. The molecule has 0 radical (unpaired) electrons. The first-order chi connectivity index (χ1) is 30.3. The Hall–Kier alpha value is -6.56. The smallest absolute Gasteiger partial charge is 0.290 e. The Labute approximate surface area is 366 Å². The molecule has 1 aromatic heterocycles. The first kappa shape index (κ1) is 47.5. The zero-order valence-corrected chi connectivity index (χ0v) is 35.9. The number of likely N-dealkylation sites (N-methyl/N-ethyl adjacent to an activating group) is 1. The van der Waals surface area contributed by atoms with E-state index in [-0.39, 0.29) is 43.2 Å². The maximum atomic E-state index is 14.4. The minimum Gasteiger partial charge on any atom is -0.364 e. The molecule has 2 fully saturated rings. The molecule has 1 aliphatic carbocycles. The fourth-order valence-electron chi connectivity index (χ4n) is 8.15. The lowest BCUT2D eigenvalue weighted by atomic mass is 9.77. The van der Waals surface area contributed by atoms with Gasteiger partial charge in [0, 0.05) is 46.0 Å². The lowest BCUT2D eigenvalue weighted by molar-refractivity contribution is -0.141. The molecule has 1 saturated carbocycles. The Bertz CT molecular complexity index is 2100. The Morgan fingerprint density at radius 1 is 0.810 bits per heavy atom. The molecule has 336 valence electrons. The Balaban J connectivity index is 1.25. The number of Topliss-reactive ketones (excluding diaryl/α,β-unsaturated/α-hetero) is 1. The molecule has 3 aromatic rings. The molecule has 2 aliphatic rings. The van der Waals surface area contributed by atoms with E-state index in [0.29, 0.717) is 24.8 Å². The van der Waals surface area contributed by atoms with E-state index >= 15 is 0 Å². The molecule has 6 atom stereocenters. The maximum Gasteiger partial charge on any atom is 0.290 e. The summed E-state index contributed by atoms with van der Waals surface area (Å²) < 4.78 is 0. The first-order valence-electron chi connectivity index (χ1n) is 21.4. The zero-order chi connectivity index (χ0) is 45.5. The molecule has 18 heteroatoms. The highest BCUT2D eigenvalue weighted by atomic mass is 16.2. The van der Waals surface area contributed by atoms with E-state index < -0.39 is 89.7 Å². The highest BCUT2D eigenvalue weighted by Crippen LogP contribution is 2.36. The van der Waals surface area contributed by atoms with Crippen LogP contribution in [0.15, 0.2) is 73.1 Å². The number of rotatable bonds is 20. The van der Waals surface area contributed by atoms with Crippen LogP contribution in [0.3, 0.4) is 0 Å². The molecule has 0 spiro atoms. The molecule has 5 rings (SSSR count). The van der Waals surface area contributed by atoms with Gasteiger partial charge in [0.2, 0.25) is 35.3 Å². The van der Waals surface area contributed by atoms with Crippen molar-refractivity contribution >= 4 is 47.1 Å². The predicted molar refractivity (Wildman–Crippen MR) is 231 cm³/mol.